The van der Waals surface area contributed by atoms with Gasteiger partial charge in [0.05, 0.1) is 32.1 Å². The summed E-state index contributed by atoms with van der Waals surface area (Å²) in [4.78, 5) is 25.9. The monoisotopic (exact) mass is 516 g/mol. The first-order valence-corrected chi connectivity index (χ1v) is 12.5. The Bertz CT molecular complexity index is 1420. The molecule has 0 atom stereocenters. The molecule has 9 heteroatoms. The first-order chi connectivity index (χ1) is 18.1. The lowest BCUT2D eigenvalue weighted by Crippen LogP contribution is -2.57. The van der Waals surface area contributed by atoms with Gasteiger partial charge in [0, 0.05) is 23.2 Å². The number of anilines is 3. The number of ether oxygens (including phenoxy) is 3. The third-order valence-electron chi connectivity index (χ3n) is 6.66. The first-order valence-electron chi connectivity index (χ1n) is 12.5. The van der Waals surface area contributed by atoms with Crippen molar-refractivity contribution >= 4 is 29.1 Å². The van der Waals surface area contributed by atoms with Gasteiger partial charge in [0.15, 0.2) is 0 Å². The van der Waals surface area contributed by atoms with Crippen LogP contribution < -0.4 is 34.9 Å². The van der Waals surface area contributed by atoms with Crippen LogP contribution in [0.3, 0.4) is 0 Å². The molecule has 0 radical (unpaired) electrons. The van der Waals surface area contributed by atoms with E-state index in [2.05, 4.69) is 10.6 Å². The molecule has 2 heterocycles. The standard InChI is InChI=1S/C29H32N4O5/c1-17(2)30-28(35)38-18-11-12-20(25(15-18)37-6)19-13-14-22-26-21(19)16-32(23-9-7-8-10-24(23)36-5)33(26)27(34)29(3,4)31-22/h7-15,17,31H,16H2,1-6H3,(H,30,35). The van der Waals surface area contributed by atoms with Gasteiger partial charge in [-0.1, -0.05) is 18.2 Å². The molecule has 3 aromatic carbocycles. The Morgan fingerprint density at radius 1 is 1.00 bits per heavy atom. The van der Waals surface area contributed by atoms with E-state index in [-0.39, 0.29) is 11.9 Å². The molecule has 0 saturated carbocycles. The molecule has 2 amide bonds. The molecule has 2 N–H and O–H groups in total. The van der Waals surface area contributed by atoms with Crippen molar-refractivity contribution in [2.24, 2.45) is 0 Å². The molecule has 5 rings (SSSR count). The number of nitrogens with one attached hydrogen (secondary N) is 2. The molecule has 0 aromatic heterocycles. The Labute approximate surface area is 222 Å². The van der Waals surface area contributed by atoms with Crippen LogP contribution in [0, 0.1) is 0 Å². The molecular weight excluding hydrogens is 484 g/mol. The van der Waals surface area contributed by atoms with E-state index in [1.54, 1.807) is 31.4 Å². The van der Waals surface area contributed by atoms with Crippen LogP contribution in [0.15, 0.2) is 54.6 Å². The highest BCUT2D eigenvalue weighted by Crippen LogP contribution is 2.51. The number of para-hydroxylation sites is 2. The van der Waals surface area contributed by atoms with Crippen LogP contribution in [-0.2, 0) is 11.3 Å². The molecule has 0 saturated heterocycles. The number of benzene rings is 3. The molecule has 9 nitrogen and oxygen atoms in total. The second-order valence-electron chi connectivity index (χ2n) is 10.1. The van der Waals surface area contributed by atoms with Crippen LogP contribution in [0.1, 0.15) is 33.3 Å². The number of nitrogens with zero attached hydrogens (tertiary/aromatic N) is 2. The SMILES string of the molecule is COc1cc(OC(=O)NC(C)C)ccc1-c1ccc2c3c1CN(c1ccccc1OC)N3C(=O)C(C)(C)N2. The highest BCUT2D eigenvalue weighted by molar-refractivity contribution is 6.12. The van der Waals surface area contributed by atoms with E-state index in [9.17, 15) is 9.59 Å². The molecule has 38 heavy (non-hydrogen) atoms. The van der Waals surface area contributed by atoms with Gasteiger partial charge in [-0.3, -0.25) is 9.80 Å². The molecule has 0 aliphatic carbocycles. The smallest absolute Gasteiger partial charge is 0.412 e. The molecule has 3 aromatic rings. The number of amides is 2. The fourth-order valence-corrected chi connectivity index (χ4v) is 4.96. The summed E-state index contributed by atoms with van der Waals surface area (Å²) in [6, 6.07) is 16.9. The number of hydrogen-bond acceptors (Lipinski definition) is 7. The maximum Gasteiger partial charge on any atom is 0.412 e. The number of methoxy groups -OCH3 is 2. The van der Waals surface area contributed by atoms with Crippen molar-refractivity contribution in [3.8, 4) is 28.4 Å². The second-order valence-corrected chi connectivity index (χ2v) is 10.1. The second kappa shape index (κ2) is 9.48. The maximum atomic E-state index is 13.8. The number of rotatable bonds is 6. The first kappa shape index (κ1) is 25.3. The summed E-state index contributed by atoms with van der Waals surface area (Å²) >= 11 is 0. The summed E-state index contributed by atoms with van der Waals surface area (Å²) in [7, 11) is 3.20. The van der Waals surface area contributed by atoms with E-state index >= 15 is 0 Å². The van der Waals surface area contributed by atoms with Gasteiger partial charge in [0.2, 0.25) is 0 Å². The van der Waals surface area contributed by atoms with Crippen LogP contribution in [0.2, 0.25) is 0 Å². The molecule has 0 bridgehead atoms. The number of carbonyl (C=O) groups is 2. The molecular formula is C29H32N4O5. The van der Waals surface area contributed by atoms with Crippen molar-refractivity contribution in [2.75, 3.05) is 29.6 Å². The third-order valence-corrected chi connectivity index (χ3v) is 6.66. The van der Waals surface area contributed by atoms with E-state index in [0.717, 1.165) is 33.8 Å². The van der Waals surface area contributed by atoms with Crippen molar-refractivity contribution in [1.29, 1.82) is 0 Å². The molecule has 2 aliphatic heterocycles. The number of hydrazine groups is 1. The average Bonchev–Trinajstić information content (AvgIpc) is 3.28. The molecule has 0 unspecified atom stereocenters. The van der Waals surface area contributed by atoms with E-state index < -0.39 is 11.6 Å². The maximum absolute atomic E-state index is 13.8. The molecule has 2 aliphatic rings. The van der Waals surface area contributed by atoms with Crippen LogP contribution in [0.25, 0.3) is 11.1 Å². The molecule has 198 valence electrons. The predicted molar refractivity (Wildman–Crippen MR) is 147 cm³/mol. The zero-order chi connectivity index (χ0) is 27.2. The Morgan fingerprint density at radius 3 is 2.42 bits per heavy atom. The Hall–Kier alpha value is -4.40. The van der Waals surface area contributed by atoms with Crippen LogP contribution in [0.5, 0.6) is 17.2 Å². The summed E-state index contributed by atoms with van der Waals surface area (Å²) in [5, 5.41) is 9.83. The van der Waals surface area contributed by atoms with Gasteiger partial charge in [-0.05, 0) is 63.6 Å². The fourth-order valence-electron chi connectivity index (χ4n) is 4.96. The normalized spacial score (nSPS) is 15.2. The van der Waals surface area contributed by atoms with E-state index in [0.29, 0.717) is 23.8 Å². The summed E-state index contributed by atoms with van der Waals surface area (Å²) < 4.78 is 16.8. The predicted octanol–water partition coefficient (Wildman–Crippen LogP) is 5.34. The zero-order valence-electron chi connectivity index (χ0n) is 22.4. The van der Waals surface area contributed by atoms with Gasteiger partial charge < -0.3 is 24.8 Å². The van der Waals surface area contributed by atoms with Crippen molar-refractivity contribution in [2.45, 2.75) is 45.8 Å². The van der Waals surface area contributed by atoms with Crippen LogP contribution in [0.4, 0.5) is 21.9 Å². The molecule has 0 fully saturated rings. The summed E-state index contributed by atoms with van der Waals surface area (Å²) in [6.07, 6.45) is -0.530. The van der Waals surface area contributed by atoms with Crippen LogP contribution >= 0.6 is 0 Å². The quantitative estimate of drug-likeness (QED) is 0.457. The lowest BCUT2D eigenvalue weighted by atomic mass is 9.93. The lowest BCUT2D eigenvalue weighted by molar-refractivity contribution is -0.122. The van der Waals surface area contributed by atoms with Crippen molar-refractivity contribution in [1.82, 2.24) is 5.32 Å². The van der Waals surface area contributed by atoms with Gasteiger partial charge in [-0.15, -0.1) is 0 Å². The number of hydrogen-bond donors (Lipinski definition) is 2. The van der Waals surface area contributed by atoms with Gasteiger partial charge in [-0.25, -0.2) is 9.80 Å². The van der Waals surface area contributed by atoms with Gasteiger partial charge in [0.1, 0.15) is 28.5 Å². The number of carbonyl (C=O) groups excluding carboxylic acids is 2. The van der Waals surface area contributed by atoms with Crippen molar-refractivity contribution < 1.29 is 23.8 Å². The Morgan fingerprint density at radius 2 is 1.71 bits per heavy atom. The summed E-state index contributed by atoms with van der Waals surface area (Å²) in [5.74, 6) is 1.52. The fraction of sp³-hybridized carbons (Fsp3) is 0.310. The Balaban J connectivity index is 1.61. The zero-order valence-corrected chi connectivity index (χ0v) is 22.4. The van der Waals surface area contributed by atoms with Crippen molar-refractivity contribution in [3.05, 3.63) is 60.2 Å². The molecule has 0 spiro atoms. The van der Waals surface area contributed by atoms with Gasteiger partial charge in [0.25, 0.3) is 5.91 Å². The average molecular weight is 517 g/mol. The largest absolute Gasteiger partial charge is 0.496 e. The minimum atomic E-state index is -0.802. The van der Waals surface area contributed by atoms with E-state index in [1.165, 1.54) is 0 Å². The summed E-state index contributed by atoms with van der Waals surface area (Å²) in [5.41, 5.74) is 4.36. The van der Waals surface area contributed by atoms with Gasteiger partial charge in [-0.2, -0.15) is 0 Å². The third kappa shape index (κ3) is 4.23. The Kier molecular flexibility index (Phi) is 6.30. The minimum absolute atomic E-state index is 0.0428. The lowest BCUT2D eigenvalue weighted by Gasteiger charge is -2.41. The summed E-state index contributed by atoms with van der Waals surface area (Å²) in [6.45, 7) is 7.93. The van der Waals surface area contributed by atoms with E-state index in [4.69, 9.17) is 14.2 Å². The topological polar surface area (TPSA) is 92.4 Å². The van der Waals surface area contributed by atoms with E-state index in [1.807, 2.05) is 75.2 Å². The highest BCUT2D eigenvalue weighted by Gasteiger charge is 2.47. The minimum Gasteiger partial charge on any atom is -0.496 e. The van der Waals surface area contributed by atoms with Crippen LogP contribution in [-0.4, -0.2) is 37.8 Å². The highest BCUT2D eigenvalue weighted by atomic mass is 16.6. The van der Waals surface area contributed by atoms with Gasteiger partial charge >= 0.3 is 6.09 Å². The van der Waals surface area contributed by atoms with Crippen molar-refractivity contribution in [3.63, 3.8) is 0 Å².